The molecular weight excluding hydrogens is 474 g/mol. The first-order chi connectivity index (χ1) is 16.5. The summed E-state index contributed by atoms with van der Waals surface area (Å²) in [4.78, 5) is 61.4. The average Bonchev–Trinajstić information content (AvgIpc) is 2.83. The molecule has 35 heavy (non-hydrogen) atoms. The second-order valence-corrected chi connectivity index (χ2v) is 8.68. The summed E-state index contributed by atoms with van der Waals surface area (Å²) in [7, 11) is 0. The summed E-state index contributed by atoms with van der Waals surface area (Å²) >= 11 is 4.00. The third-order valence-corrected chi connectivity index (χ3v) is 5.93. The minimum atomic E-state index is -1.25. The number of rotatable bonds is 15. The van der Waals surface area contributed by atoms with Crippen LogP contribution in [0.4, 0.5) is 0 Å². The zero-order valence-corrected chi connectivity index (χ0v) is 20.8. The van der Waals surface area contributed by atoms with E-state index in [0.717, 1.165) is 5.56 Å². The Morgan fingerprint density at radius 2 is 1.54 bits per heavy atom. The number of nitrogens with two attached hydrogens (primary N) is 2. The summed E-state index contributed by atoms with van der Waals surface area (Å²) < 4.78 is 0. The van der Waals surface area contributed by atoms with Crippen molar-refractivity contribution in [2.45, 2.75) is 63.7 Å². The van der Waals surface area contributed by atoms with Crippen molar-refractivity contribution >= 4 is 42.2 Å². The van der Waals surface area contributed by atoms with E-state index in [4.69, 9.17) is 11.5 Å². The Labute approximate surface area is 210 Å². The van der Waals surface area contributed by atoms with E-state index >= 15 is 0 Å². The van der Waals surface area contributed by atoms with Crippen LogP contribution in [0.25, 0.3) is 0 Å². The van der Waals surface area contributed by atoms with Crippen molar-refractivity contribution in [3.63, 3.8) is 0 Å². The Hall–Kier alpha value is -3.12. The lowest BCUT2D eigenvalue weighted by Crippen LogP contribution is -2.58. The molecule has 0 saturated carbocycles. The number of thiol groups is 1. The first-order valence-corrected chi connectivity index (χ1v) is 12.0. The number of aliphatic carboxylic acids is 1. The van der Waals surface area contributed by atoms with E-state index in [0.29, 0.717) is 6.42 Å². The average molecular weight is 510 g/mol. The number of hydrogen-bond acceptors (Lipinski definition) is 7. The minimum absolute atomic E-state index is 0.0569. The molecule has 5 unspecified atom stereocenters. The minimum Gasteiger partial charge on any atom is -0.480 e. The second kappa shape index (κ2) is 15.0. The van der Waals surface area contributed by atoms with E-state index < -0.39 is 53.8 Å². The molecule has 5 atom stereocenters. The van der Waals surface area contributed by atoms with Gasteiger partial charge in [-0.3, -0.25) is 19.2 Å². The Morgan fingerprint density at radius 1 is 0.971 bits per heavy atom. The molecule has 1 aromatic rings. The van der Waals surface area contributed by atoms with Crippen LogP contribution < -0.4 is 27.4 Å². The molecule has 0 aliphatic heterocycles. The molecule has 0 fully saturated rings. The normalized spacial score (nSPS) is 15.1. The van der Waals surface area contributed by atoms with Crippen molar-refractivity contribution in [3.8, 4) is 0 Å². The topological polar surface area (TPSA) is 194 Å². The number of amides is 4. The Bertz CT molecular complexity index is 884. The molecule has 1 rings (SSSR count). The number of benzene rings is 1. The second-order valence-electron chi connectivity index (χ2n) is 8.32. The molecule has 8 N–H and O–H groups in total. The van der Waals surface area contributed by atoms with Crippen LogP contribution in [0.2, 0.25) is 0 Å². The van der Waals surface area contributed by atoms with E-state index in [-0.39, 0.29) is 30.9 Å². The molecule has 11 nitrogen and oxygen atoms in total. The van der Waals surface area contributed by atoms with Crippen LogP contribution in [0.15, 0.2) is 30.3 Å². The summed E-state index contributed by atoms with van der Waals surface area (Å²) in [6.07, 6.45) is 0.222. The smallest absolute Gasteiger partial charge is 0.326 e. The monoisotopic (exact) mass is 509 g/mol. The Balaban J connectivity index is 3.13. The zero-order valence-electron chi connectivity index (χ0n) is 19.9. The number of nitrogens with one attached hydrogen (secondary N) is 3. The van der Waals surface area contributed by atoms with Gasteiger partial charge >= 0.3 is 5.97 Å². The fourth-order valence-electron chi connectivity index (χ4n) is 3.19. The summed E-state index contributed by atoms with van der Waals surface area (Å²) in [5.41, 5.74) is 11.7. The molecule has 4 amide bonds. The van der Waals surface area contributed by atoms with E-state index in [2.05, 4.69) is 28.6 Å². The zero-order chi connectivity index (χ0) is 26.5. The molecule has 0 spiro atoms. The fraction of sp³-hybridized carbons (Fsp3) is 0.522. The predicted octanol–water partition coefficient (Wildman–Crippen LogP) is -0.663. The number of carbonyl (C=O) groups is 5. The van der Waals surface area contributed by atoms with Gasteiger partial charge in [0.15, 0.2) is 0 Å². The summed E-state index contributed by atoms with van der Waals surface area (Å²) in [5.74, 6) is -4.31. The summed E-state index contributed by atoms with van der Waals surface area (Å²) in [5, 5.41) is 17.0. The first-order valence-electron chi connectivity index (χ1n) is 11.3. The highest BCUT2D eigenvalue weighted by Gasteiger charge is 2.32. The highest BCUT2D eigenvalue weighted by atomic mass is 32.1. The van der Waals surface area contributed by atoms with Gasteiger partial charge in [-0.05, 0) is 17.9 Å². The van der Waals surface area contributed by atoms with E-state index in [1.54, 1.807) is 44.2 Å². The van der Waals surface area contributed by atoms with Crippen molar-refractivity contribution in [2.75, 3.05) is 5.75 Å². The Kier molecular flexibility index (Phi) is 12.8. The largest absolute Gasteiger partial charge is 0.480 e. The van der Waals surface area contributed by atoms with Gasteiger partial charge in [-0.15, -0.1) is 0 Å². The van der Waals surface area contributed by atoms with E-state index in [1.165, 1.54) is 0 Å². The SMILES string of the molecule is CCC(C)C(NC(=O)C(CCC(N)=O)NC(=O)C(Cc1ccccc1)NC(=O)C(N)CS)C(=O)O. The molecule has 1 aromatic carbocycles. The van der Waals surface area contributed by atoms with E-state index in [9.17, 15) is 29.1 Å². The van der Waals surface area contributed by atoms with Crippen LogP contribution in [0.5, 0.6) is 0 Å². The predicted molar refractivity (Wildman–Crippen MR) is 133 cm³/mol. The maximum Gasteiger partial charge on any atom is 0.326 e. The van der Waals surface area contributed by atoms with Gasteiger partial charge in [-0.1, -0.05) is 50.6 Å². The number of carbonyl (C=O) groups excluding carboxylic acids is 4. The van der Waals surface area contributed by atoms with Crippen LogP contribution in [0.1, 0.15) is 38.7 Å². The molecule has 0 radical (unpaired) electrons. The maximum absolute atomic E-state index is 13.2. The molecule has 0 aliphatic rings. The van der Waals surface area contributed by atoms with Gasteiger partial charge in [-0.25, -0.2) is 4.79 Å². The van der Waals surface area contributed by atoms with Crippen molar-refractivity contribution in [1.82, 2.24) is 16.0 Å². The number of hydrogen-bond donors (Lipinski definition) is 7. The molecule has 0 aromatic heterocycles. The van der Waals surface area contributed by atoms with Crippen LogP contribution in [0.3, 0.4) is 0 Å². The number of carboxylic acid groups (broad SMARTS) is 1. The van der Waals surface area contributed by atoms with Crippen molar-refractivity contribution < 1.29 is 29.1 Å². The van der Waals surface area contributed by atoms with Gasteiger partial charge in [0.1, 0.15) is 18.1 Å². The quantitative estimate of drug-likeness (QED) is 0.152. The van der Waals surface area contributed by atoms with E-state index in [1.807, 2.05) is 0 Å². The van der Waals surface area contributed by atoms with Gasteiger partial charge < -0.3 is 32.5 Å². The van der Waals surface area contributed by atoms with Gasteiger partial charge in [0.2, 0.25) is 23.6 Å². The van der Waals surface area contributed by atoms with Crippen molar-refractivity contribution in [1.29, 1.82) is 0 Å². The van der Waals surface area contributed by atoms with Crippen LogP contribution in [-0.4, -0.2) is 64.6 Å². The fourth-order valence-corrected chi connectivity index (χ4v) is 3.35. The van der Waals surface area contributed by atoms with Gasteiger partial charge in [0.25, 0.3) is 0 Å². The molecule has 194 valence electrons. The first kappa shape index (κ1) is 29.9. The third-order valence-electron chi connectivity index (χ3n) is 5.54. The summed E-state index contributed by atoms with van der Waals surface area (Å²) in [6, 6.07) is 4.40. The van der Waals surface area contributed by atoms with Gasteiger partial charge in [0, 0.05) is 18.6 Å². The van der Waals surface area contributed by atoms with Crippen LogP contribution in [0, 0.1) is 5.92 Å². The maximum atomic E-state index is 13.2. The standard InChI is InChI=1S/C23H35N5O6S/c1-3-13(2)19(23(33)34)28-21(31)16(9-10-18(25)29)26-22(32)17(27-20(30)15(24)12-35)11-14-7-5-4-6-8-14/h4-8,13,15-17,19,35H,3,9-12,24H2,1-2H3,(H2,25,29)(H,26,32)(H,27,30)(H,28,31)(H,33,34). The highest BCUT2D eigenvalue weighted by molar-refractivity contribution is 7.80. The van der Waals surface area contributed by atoms with Gasteiger partial charge in [-0.2, -0.15) is 12.6 Å². The molecular formula is C23H35N5O6S. The molecule has 0 saturated heterocycles. The molecule has 12 heteroatoms. The van der Waals surface area contributed by atoms with Gasteiger partial charge in [0.05, 0.1) is 6.04 Å². The third kappa shape index (κ3) is 10.4. The van der Waals surface area contributed by atoms with Crippen molar-refractivity contribution in [2.24, 2.45) is 17.4 Å². The molecule has 0 aliphatic carbocycles. The summed E-state index contributed by atoms with van der Waals surface area (Å²) in [6.45, 7) is 3.46. The highest BCUT2D eigenvalue weighted by Crippen LogP contribution is 2.10. The van der Waals surface area contributed by atoms with Crippen LogP contribution >= 0.6 is 12.6 Å². The lowest BCUT2D eigenvalue weighted by atomic mass is 9.98. The van der Waals surface area contributed by atoms with Crippen molar-refractivity contribution in [3.05, 3.63) is 35.9 Å². The lowest BCUT2D eigenvalue weighted by Gasteiger charge is -2.26. The number of primary amides is 1. The molecule has 0 heterocycles. The number of carboxylic acids is 1. The Morgan fingerprint density at radius 3 is 2.06 bits per heavy atom. The molecule has 0 bridgehead atoms. The lowest BCUT2D eigenvalue weighted by molar-refractivity contribution is -0.144. The van der Waals surface area contributed by atoms with Crippen LogP contribution in [-0.2, 0) is 30.4 Å².